The highest BCUT2D eigenvalue weighted by molar-refractivity contribution is 5.82. The van der Waals surface area contributed by atoms with E-state index in [-0.39, 0.29) is 11.7 Å². The van der Waals surface area contributed by atoms with Crippen molar-refractivity contribution in [2.45, 2.75) is 19.4 Å². The zero-order valence-corrected chi connectivity index (χ0v) is 11.9. The summed E-state index contributed by atoms with van der Waals surface area (Å²) in [5.74, 6) is 1.43. The van der Waals surface area contributed by atoms with Gasteiger partial charge in [0.25, 0.3) is 5.69 Å². The van der Waals surface area contributed by atoms with Gasteiger partial charge in [-0.2, -0.15) is 0 Å². The number of hydrogen-bond acceptors (Lipinski definition) is 5. The second-order valence-corrected chi connectivity index (χ2v) is 5.81. The first-order valence-electron chi connectivity index (χ1n) is 7.08. The number of rotatable bonds is 2. The Morgan fingerprint density at radius 2 is 2.14 bits per heavy atom. The zero-order chi connectivity index (χ0) is 15.0. The minimum atomic E-state index is -0.390. The summed E-state index contributed by atoms with van der Waals surface area (Å²) in [7, 11) is 0. The number of nitrogens with two attached hydrogens (primary N) is 1. The Balaban J connectivity index is 1.94. The van der Waals surface area contributed by atoms with E-state index >= 15 is 0 Å². The highest BCUT2D eigenvalue weighted by atomic mass is 16.6. The Morgan fingerprint density at radius 1 is 1.33 bits per heavy atom. The Morgan fingerprint density at radius 3 is 2.86 bits per heavy atom. The maximum absolute atomic E-state index is 10.8. The van der Waals surface area contributed by atoms with E-state index in [1.54, 1.807) is 12.1 Å². The molecule has 0 spiro atoms. The summed E-state index contributed by atoms with van der Waals surface area (Å²) in [5, 5.41) is 11.6. The van der Waals surface area contributed by atoms with Crippen LogP contribution in [0.1, 0.15) is 13.3 Å². The average Bonchev–Trinajstić information content (AvgIpc) is 2.45. The first-order chi connectivity index (χ1) is 10.0. The summed E-state index contributed by atoms with van der Waals surface area (Å²) in [4.78, 5) is 17.2. The quantitative estimate of drug-likeness (QED) is 0.676. The third kappa shape index (κ3) is 2.80. The molecule has 2 aromatic rings. The fourth-order valence-corrected chi connectivity index (χ4v) is 2.98. The Kier molecular flexibility index (Phi) is 3.47. The molecule has 1 aromatic heterocycles. The minimum absolute atomic E-state index is 0.0886. The number of anilines is 1. The van der Waals surface area contributed by atoms with Crippen LogP contribution in [0.15, 0.2) is 30.3 Å². The predicted molar refractivity (Wildman–Crippen MR) is 82.4 cm³/mol. The summed E-state index contributed by atoms with van der Waals surface area (Å²) in [6, 6.07) is 8.71. The van der Waals surface area contributed by atoms with Crippen LogP contribution in [0.4, 0.5) is 11.5 Å². The molecule has 1 aromatic carbocycles. The van der Waals surface area contributed by atoms with Crippen LogP contribution >= 0.6 is 0 Å². The van der Waals surface area contributed by atoms with Crippen molar-refractivity contribution in [2.75, 3.05) is 18.0 Å². The van der Waals surface area contributed by atoms with E-state index < -0.39 is 4.92 Å². The van der Waals surface area contributed by atoms with Gasteiger partial charge in [0.2, 0.25) is 0 Å². The van der Waals surface area contributed by atoms with Gasteiger partial charge in [-0.1, -0.05) is 6.92 Å². The van der Waals surface area contributed by atoms with Crippen LogP contribution in [0.5, 0.6) is 0 Å². The highest BCUT2D eigenvalue weighted by Gasteiger charge is 2.23. The Labute approximate surface area is 122 Å². The first kappa shape index (κ1) is 13.8. The highest BCUT2D eigenvalue weighted by Crippen LogP contribution is 2.25. The average molecular weight is 286 g/mol. The molecule has 0 radical (unpaired) electrons. The van der Waals surface area contributed by atoms with Crippen LogP contribution in [-0.4, -0.2) is 29.0 Å². The predicted octanol–water partition coefficient (Wildman–Crippen LogP) is 2.32. The SMILES string of the molecule is CC1CC(N)CN(c2ccc3cc([N+](=O)[O-])ccc3n2)C1. The molecule has 3 rings (SSSR count). The molecular formula is C15H18N4O2. The third-order valence-corrected chi connectivity index (χ3v) is 3.88. The molecule has 6 nitrogen and oxygen atoms in total. The zero-order valence-electron chi connectivity index (χ0n) is 11.9. The maximum atomic E-state index is 10.8. The van der Waals surface area contributed by atoms with Gasteiger partial charge in [0.15, 0.2) is 0 Å². The van der Waals surface area contributed by atoms with Crippen LogP contribution in [0.2, 0.25) is 0 Å². The molecule has 2 heterocycles. The fourth-order valence-electron chi connectivity index (χ4n) is 2.98. The summed E-state index contributed by atoms with van der Waals surface area (Å²) in [6.45, 7) is 3.94. The van der Waals surface area contributed by atoms with Gasteiger partial charge in [0.05, 0.1) is 10.4 Å². The standard InChI is InChI=1S/C15H18N4O2/c1-10-6-12(16)9-18(8-10)15-5-2-11-7-13(19(20)21)3-4-14(11)17-15/h2-5,7,10,12H,6,8-9,16H2,1H3. The molecule has 0 aliphatic carbocycles. The van der Waals surface area contributed by atoms with Crippen LogP contribution < -0.4 is 10.6 Å². The lowest BCUT2D eigenvalue weighted by Gasteiger charge is -2.35. The molecule has 1 aliphatic heterocycles. The van der Waals surface area contributed by atoms with E-state index in [9.17, 15) is 10.1 Å². The number of pyridine rings is 1. The van der Waals surface area contributed by atoms with Gasteiger partial charge in [0, 0.05) is 36.7 Å². The van der Waals surface area contributed by atoms with Gasteiger partial charge in [-0.25, -0.2) is 4.98 Å². The van der Waals surface area contributed by atoms with Crippen molar-refractivity contribution in [1.82, 2.24) is 4.98 Å². The summed E-state index contributed by atoms with van der Waals surface area (Å²) in [6.07, 6.45) is 1.04. The summed E-state index contributed by atoms with van der Waals surface area (Å²) >= 11 is 0. The lowest BCUT2D eigenvalue weighted by atomic mass is 9.96. The van der Waals surface area contributed by atoms with Gasteiger partial charge < -0.3 is 10.6 Å². The maximum Gasteiger partial charge on any atom is 0.270 e. The number of non-ortho nitro benzene ring substituents is 1. The van der Waals surface area contributed by atoms with E-state index in [2.05, 4.69) is 16.8 Å². The monoisotopic (exact) mass is 286 g/mol. The number of piperidine rings is 1. The van der Waals surface area contributed by atoms with Gasteiger partial charge in [-0.15, -0.1) is 0 Å². The fraction of sp³-hybridized carbons (Fsp3) is 0.400. The second kappa shape index (κ2) is 5.29. The van der Waals surface area contributed by atoms with Gasteiger partial charge >= 0.3 is 0 Å². The molecule has 0 saturated carbocycles. The van der Waals surface area contributed by atoms with Gasteiger partial charge in [-0.05, 0) is 30.5 Å². The van der Waals surface area contributed by atoms with Crippen molar-refractivity contribution < 1.29 is 4.92 Å². The normalized spacial score (nSPS) is 22.5. The van der Waals surface area contributed by atoms with E-state index in [4.69, 9.17) is 5.73 Å². The molecule has 2 unspecified atom stereocenters. The van der Waals surface area contributed by atoms with E-state index in [0.717, 1.165) is 36.2 Å². The summed E-state index contributed by atoms with van der Waals surface area (Å²) in [5.41, 5.74) is 6.93. The van der Waals surface area contributed by atoms with Crippen LogP contribution in [0, 0.1) is 16.0 Å². The third-order valence-electron chi connectivity index (χ3n) is 3.88. The van der Waals surface area contributed by atoms with Crippen molar-refractivity contribution in [2.24, 2.45) is 11.7 Å². The van der Waals surface area contributed by atoms with Gasteiger partial charge in [0.1, 0.15) is 5.82 Å². The molecule has 1 aliphatic rings. The molecule has 2 atom stereocenters. The van der Waals surface area contributed by atoms with Crippen molar-refractivity contribution in [1.29, 1.82) is 0 Å². The van der Waals surface area contributed by atoms with E-state index in [1.165, 1.54) is 6.07 Å². The molecule has 21 heavy (non-hydrogen) atoms. The topological polar surface area (TPSA) is 85.3 Å². The molecular weight excluding hydrogens is 268 g/mol. The number of aromatic nitrogens is 1. The van der Waals surface area contributed by atoms with Gasteiger partial charge in [-0.3, -0.25) is 10.1 Å². The largest absolute Gasteiger partial charge is 0.355 e. The van der Waals surface area contributed by atoms with Crippen molar-refractivity contribution >= 4 is 22.4 Å². The summed E-state index contributed by atoms with van der Waals surface area (Å²) < 4.78 is 0. The number of benzene rings is 1. The lowest BCUT2D eigenvalue weighted by Crippen LogP contribution is -2.46. The van der Waals surface area contributed by atoms with E-state index in [0.29, 0.717) is 5.92 Å². The number of nitro groups is 1. The molecule has 6 heteroatoms. The number of nitrogens with zero attached hydrogens (tertiary/aromatic N) is 3. The molecule has 1 saturated heterocycles. The smallest absolute Gasteiger partial charge is 0.270 e. The Bertz CT molecular complexity index is 678. The number of fused-ring (bicyclic) bond motifs is 1. The first-order valence-corrected chi connectivity index (χ1v) is 7.08. The van der Waals surface area contributed by atoms with Crippen LogP contribution in [0.25, 0.3) is 10.9 Å². The molecule has 0 bridgehead atoms. The molecule has 2 N–H and O–H groups in total. The number of nitro benzene ring substituents is 1. The van der Waals surface area contributed by atoms with Crippen LogP contribution in [0.3, 0.4) is 0 Å². The molecule has 0 amide bonds. The van der Waals surface area contributed by atoms with Crippen LogP contribution in [-0.2, 0) is 0 Å². The van der Waals surface area contributed by atoms with Crippen molar-refractivity contribution in [3.63, 3.8) is 0 Å². The molecule has 110 valence electrons. The van der Waals surface area contributed by atoms with E-state index in [1.807, 2.05) is 12.1 Å². The molecule has 1 fully saturated rings. The van der Waals surface area contributed by atoms with Crippen molar-refractivity contribution in [3.05, 3.63) is 40.4 Å². The number of hydrogen-bond donors (Lipinski definition) is 1. The second-order valence-electron chi connectivity index (χ2n) is 5.81. The van der Waals surface area contributed by atoms with Crippen molar-refractivity contribution in [3.8, 4) is 0 Å². The lowest BCUT2D eigenvalue weighted by molar-refractivity contribution is -0.384. The minimum Gasteiger partial charge on any atom is -0.355 e. The Hall–Kier alpha value is -2.21.